The Bertz CT molecular complexity index is 1130. The van der Waals surface area contributed by atoms with Gasteiger partial charge in [-0.15, -0.1) is 0 Å². The Hall–Kier alpha value is -2.50. The highest BCUT2D eigenvalue weighted by molar-refractivity contribution is 7.89. The number of fused-ring (bicyclic) bond motifs is 1. The fraction of sp³-hybridized carbons (Fsp3) is 0.350. The van der Waals surface area contributed by atoms with Crippen molar-refractivity contribution in [2.24, 2.45) is 0 Å². The molecule has 0 bridgehead atoms. The van der Waals surface area contributed by atoms with Gasteiger partial charge in [0.2, 0.25) is 16.1 Å². The monoisotopic (exact) mass is 490 g/mol. The number of sulfonamides is 1. The summed E-state index contributed by atoms with van der Waals surface area (Å²) < 4.78 is 78.1. The molecule has 0 aliphatic carbocycles. The lowest BCUT2D eigenvalue weighted by atomic mass is 10.2. The maximum atomic E-state index is 13.4. The first-order valence-corrected chi connectivity index (χ1v) is 11.4. The van der Waals surface area contributed by atoms with Crippen molar-refractivity contribution < 1.29 is 35.9 Å². The number of benzene rings is 2. The quantitative estimate of drug-likeness (QED) is 0.661. The van der Waals surface area contributed by atoms with Gasteiger partial charge in [0.05, 0.1) is 10.5 Å². The van der Waals surface area contributed by atoms with Gasteiger partial charge in [-0.3, -0.25) is 4.79 Å². The molecular weight excluding hydrogens is 473 g/mol. The topological polar surface area (TPSA) is 76.2 Å². The van der Waals surface area contributed by atoms with Gasteiger partial charge in [-0.05, 0) is 30.3 Å². The number of halogens is 4. The summed E-state index contributed by atoms with van der Waals surface area (Å²) in [4.78, 5) is 13.4. The van der Waals surface area contributed by atoms with Gasteiger partial charge in [0, 0.05) is 31.2 Å². The van der Waals surface area contributed by atoms with Crippen LogP contribution in [-0.2, 0) is 21.0 Å². The molecule has 2 aliphatic rings. The van der Waals surface area contributed by atoms with E-state index in [4.69, 9.17) is 21.1 Å². The number of piperazine rings is 1. The number of para-hydroxylation sites is 2. The number of carbonyl (C=O) groups is 1. The number of hydrogen-bond donors (Lipinski definition) is 0. The Kier molecular flexibility index (Phi) is 5.99. The molecule has 1 atom stereocenters. The van der Waals surface area contributed by atoms with Gasteiger partial charge in [-0.1, -0.05) is 23.7 Å². The van der Waals surface area contributed by atoms with E-state index in [0.717, 1.165) is 16.4 Å². The standard InChI is InChI=1S/C20H18ClF3N2O5S/c21-13-5-6-18(14(11-13)20(22,23)24)32(28,29)26-9-7-25(8-10-26)19(27)17-12-30-15-3-1-2-4-16(15)31-17/h1-6,11,17H,7-10,12H2/t17-/m0/s1. The van der Waals surface area contributed by atoms with Gasteiger partial charge in [0.25, 0.3) is 5.91 Å². The summed E-state index contributed by atoms with van der Waals surface area (Å²) in [6.07, 6.45) is -5.78. The Labute approximate surface area is 187 Å². The molecule has 32 heavy (non-hydrogen) atoms. The molecule has 2 aromatic rings. The SMILES string of the molecule is O=C([C@@H]1COc2ccccc2O1)N1CCN(S(=O)(=O)c2ccc(Cl)cc2C(F)(F)F)CC1. The summed E-state index contributed by atoms with van der Waals surface area (Å²) in [5.41, 5.74) is -1.32. The van der Waals surface area contributed by atoms with Crippen molar-refractivity contribution >= 4 is 27.5 Å². The van der Waals surface area contributed by atoms with E-state index in [1.165, 1.54) is 4.90 Å². The molecule has 0 radical (unpaired) electrons. The van der Waals surface area contributed by atoms with E-state index in [1.807, 2.05) is 0 Å². The maximum absolute atomic E-state index is 13.4. The zero-order valence-corrected chi connectivity index (χ0v) is 18.1. The molecule has 12 heteroatoms. The normalized spacial score (nSPS) is 19.6. The van der Waals surface area contributed by atoms with E-state index in [1.54, 1.807) is 24.3 Å². The first-order valence-electron chi connectivity index (χ1n) is 9.61. The van der Waals surface area contributed by atoms with Crippen LogP contribution in [0.15, 0.2) is 47.4 Å². The van der Waals surface area contributed by atoms with Crippen LogP contribution in [0.25, 0.3) is 0 Å². The molecule has 0 saturated carbocycles. The van der Waals surface area contributed by atoms with Crippen molar-refractivity contribution in [2.75, 3.05) is 32.8 Å². The van der Waals surface area contributed by atoms with Crippen LogP contribution in [0.3, 0.4) is 0 Å². The minimum absolute atomic E-state index is 0.00801. The average Bonchev–Trinajstić information content (AvgIpc) is 2.77. The summed E-state index contributed by atoms with van der Waals surface area (Å²) in [7, 11) is -4.45. The fourth-order valence-corrected chi connectivity index (χ4v) is 5.37. The minimum Gasteiger partial charge on any atom is -0.485 e. The molecule has 2 heterocycles. The summed E-state index contributed by atoms with van der Waals surface area (Å²) >= 11 is 5.64. The summed E-state index contributed by atoms with van der Waals surface area (Å²) in [6, 6.07) is 9.44. The summed E-state index contributed by atoms with van der Waals surface area (Å²) in [5.74, 6) is 0.579. The number of ether oxygens (including phenoxy) is 2. The van der Waals surface area contributed by atoms with Crippen molar-refractivity contribution in [3.05, 3.63) is 53.1 Å². The van der Waals surface area contributed by atoms with Gasteiger partial charge in [-0.2, -0.15) is 17.5 Å². The number of amides is 1. The second-order valence-electron chi connectivity index (χ2n) is 7.23. The Morgan fingerprint density at radius 2 is 1.69 bits per heavy atom. The second-order valence-corrected chi connectivity index (χ2v) is 9.57. The predicted molar refractivity (Wildman–Crippen MR) is 108 cm³/mol. The molecule has 7 nitrogen and oxygen atoms in total. The van der Waals surface area contributed by atoms with Gasteiger partial charge >= 0.3 is 6.18 Å². The van der Waals surface area contributed by atoms with E-state index in [9.17, 15) is 26.4 Å². The van der Waals surface area contributed by atoms with E-state index >= 15 is 0 Å². The van der Waals surface area contributed by atoms with E-state index < -0.39 is 32.8 Å². The number of nitrogens with zero attached hydrogens (tertiary/aromatic N) is 2. The van der Waals surface area contributed by atoms with Gasteiger partial charge < -0.3 is 14.4 Å². The molecule has 1 fully saturated rings. The second kappa shape index (κ2) is 8.45. The zero-order valence-electron chi connectivity index (χ0n) is 16.5. The van der Waals surface area contributed by atoms with Gasteiger partial charge in [0.1, 0.15) is 6.61 Å². The molecule has 1 amide bonds. The summed E-state index contributed by atoms with van der Waals surface area (Å²) in [6.45, 7) is -0.284. The Morgan fingerprint density at radius 1 is 1.03 bits per heavy atom. The van der Waals surface area contributed by atoms with Crippen LogP contribution in [-0.4, -0.2) is 62.4 Å². The highest BCUT2D eigenvalue weighted by atomic mass is 35.5. The molecule has 1 saturated heterocycles. The van der Waals surface area contributed by atoms with Crippen LogP contribution in [0, 0.1) is 0 Å². The Morgan fingerprint density at radius 3 is 2.34 bits per heavy atom. The molecule has 0 aromatic heterocycles. The third-order valence-corrected chi connectivity index (χ3v) is 7.39. The van der Waals surface area contributed by atoms with Crippen LogP contribution in [0.2, 0.25) is 5.02 Å². The lowest BCUT2D eigenvalue weighted by Crippen LogP contribution is -2.55. The van der Waals surface area contributed by atoms with Crippen LogP contribution >= 0.6 is 11.6 Å². The van der Waals surface area contributed by atoms with Crippen LogP contribution < -0.4 is 9.47 Å². The number of hydrogen-bond acceptors (Lipinski definition) is 5. The molecule has 2 aromatic carbocycles. The molecule has 4 rings (SSSR count). The third kappa shape index (κ3) is 4.37. The maximum Gasteiger partial charge on any atom is 0.417 e. The van der Waals surface area contributed by atoms with Gasteiger partial charge in [0.15, 0.2) is 11.5 Å². The van der Waals surface area contributed by atoms with Crippen LogP contribution in [0.4, 0.5) is 13.2 Å². The lowest BCUT2D eigenvalue weighted by Gasteiger charge is -2.36. The lowest BCUT2D eigenvalue weighted by molar-refractivity contribution is -0.142. The van der Waals surface area contributed by atoms with Crippen molar-refractivity contribution in [1.29, 1.82) is 0 Å². The molecule has 0 unspecified atom stereocenters. The first-order chi connectivity index (χ1) is 15.1. The highest BCUT2D eigenvalue weighted by Crippen LogP contribution is 2.37. The third-order valence-electron chi connectivity index (χ3n) is 5.20. The zero-order chi connectivity index (χ0) is 23.1. The number of rotatable bonds is 3. The summed E-state index contributed by atoms with van der Waals surface area (Å²) in [5, 5.41) is -0.219. The number of alkyl halides is 3. The first kappa shape index (κ1) is 22.7. The smallest absolute Gasteiger partial charge is 0.417 e. The number of carbonyl (C=O) groups excluding carboxylic acids is 1. The Balaban J connectivity index is 1.46. The molecule has 0 N–H and O–H groups in total. The fourth-order valence-electron chi connectivity index (χ4n) is 3.58. The highest BCUT2D eigenvalue weighted by Gasteiger charge is 2.41. The van der Waals surface area contributed by atoms with Crippen LogP contribution in [0.1, 0.15) is 5.56 Å². The molecule has 172 valence electrons. The molecule has 2 aliphatic heterocycles. The van der Waals surface area contributed by atoms with E-state index in [0.29, 0.717) is 17.6 Å². The van der Waals surface area contributed by atoms with Crippen LogP contribution in [0.5, 0.6) is 11.5 Å². The molecular formula is C20H18ClF3N2O5S. The largest absolute Gasteiger partial charge is 0.485 e. The van der Waals surface area contributed by atoms with Gasteiger partial charge in [-0.25, -0.2) is 8.42 Å². The molecule has 0 spiro atoms. The van der Waals surface area contributed by atoms with E-state index in [-0.39, 0.29) is 43.7 Å². The average molecular weight is 491 g/mol. The van der Waals surface area contributed by atoms with Crippen molar-refractivity contribution in [1.82, 2.24) is 9.21 Å². The van der Waals surface area contributed by atoms with E-state index in [2.05, 4.69) is 0 Å². The van der Waals surface area contributed by atoms with Crippen molar-refractivity contribution in [3.63, 3.8) is 0 Å². The predicted octanol–water partition coefficient (Wildman–Crippen LogP) is 3.03. The van der Waals surface area contributed by atoms with Crippen molar-refractivity contribution in [2.45, 2.75) is 17.2 Å². The minimum atomic E-state index is -4.89. The van der Waals surface area contributed by atoms with Crippen molar-refractivity contribution in [3.8, 4) is 11.5 Å².